The molecule has 22 heavy (non-hydrogen) atoms. The van der Waals surface area contributed by atoms with Crippen LogP contribution >= 0.6 is 11.8 Å². The number of benzene rings is 2. The van der Waals surface area contributed by atoms with Crippen molar-refractivity contribution in [3.63, 3.8) is 0 Å². The van der Waals surface area contributed by atoms with Crippen LogP contribution in [0.25, 0.3) is 6.08 Å². The minimum atomic E-state index is -0.344. The molecule has 1 aliphatic heterocycles. The smallest absolute Gasteiger partial charge is 0.298 e. The summed E-state index contributed by atoms with van der Waals surface area (Å²) in [5.41, 5.74) is 2.41. The van der Waals surface area contributed by atoms with E-state index in [4.69, 9.17) is 0 Å². The minimum absolute atomic E-state index is 0.0890. The molecule has 3 rings (SSSR count). The van der Waals surface area contributed by atoms with E-state index in [0.29, 0.717) is 10.6 Å². The van der Waals surface area contributed by atoms with Gasteiger partial charge in [-0.3, -0.25) is 9.59 Å². The van der Waals surface area contributed by atoms with E-state index in [1.807, 2.05) is 31.2 Å². The summed E-state index contributed by atoms with van der Waals surface area (Å²) >= 11 is 0.920. The molecule has 2 aromatic carbocycles. The maximum atomic E-state index is 12.5. The number of phenols is 1. The standard InChI is InChI=1S/C17H13NO3S/c1-11-4-2-3-5-12(11)10-15-16(20)18(17(21)22-15)13-6-8-14(19)9-7-13/h2-10,19H,1H3/b15-10-. The second-order valence-electron chi connectivity index (χ2n) is 4.89. The number of rotatable bonds is 2. The number of thioether (sulfide) groups is 1. The lowest BCUT2D eigenvalue weighted by molar-refractivity contribution is -0.113. The summed E-state index contributed by atoms with van der Waals surface area (Å²) in [5.74, 6) is -0.255. The first-order valence-electron chi connectivity index (χ1n) is 6.69. The zero-order valence-electron chi connectivity index (χ0n) is 11.8. The second-order valence-corrected chi connectivity index (χ2v) is 5.88. The Balaban J connectivity index is 1.95. The van der Waals surface area contributed by atoms with Crippen molar-refractivity contribution in [1.29, 1.82) is 0 Å². The van der Waals surface area contributed by atoms with Crippen LogP contribution in [0.4, 0.5) is 10.5 Å². The number of phenolic OH excluding ortho intramolecular Hbond substituents is 1. The first-order valence-corrected chi connectivity index (χ1v) is 7.50. The van der Waals surface area contributed by atoms with Crippen LogP contribution in [-0.2, 0) is 4.79 Å². The van der Waals surface area contributed by atoms with Crippen LogP contribution in [0.5, 0.6) is 5.75 Å². The summed E-state index contributed by atoms with van der Waals surface area (Å²) in [6.07, 6.45) is 1.74. The van der Waals surface area contributed by atoms with Crippen molar-refractivity contribution >= 4 is 34.7 Å². The molecule has 0 bridgehead atoms. The third kappa shape index (κ3) is 2.63. The van der Waals surface area contributed by atoms with Crippen molar-refractivity contribution in [1.82, 2.24) is 0 Å². The summed E-state index contributed by atoms with van der Waals surface area (Å²) < 4.78 is 0. The van der Waals surface area contributed by atoms with E-state index in [0.717, 1.165) is 27.8 Å². The third-order valence-electron chi connectivity index (χ3n) is 3.38. The number of aromatic hydroxyl groups is 1. The fourth-order valence-corrected chi connectivity index (χ4v) is 3.01. The molecule has 4 nitrogen and oxygen atoms in total. The molecule has 0 atom stereocenters. The number of hydrogen-bond acceptors (Lipinski definition) is 4. The van der Waals surface area contributed by atoms with Gasteiger partial charge in [0, 0.05) is 0 Å². The van der Waals surface area contributed by atoms with Crippen LogP contribution in [-0.4, -0.2) is 16.3 Å². The zero-order chi connectivity index (χ0) is 15.7. The highest BCUT2D eigenvalue weighted by Gasteiger charge is 2.36. The molecule has 1 fully saturated rings. The van der Waals surface area contributed by atoms with E-state index in [1.165, 1.54) is 12.1 Å². The molecule has 1 aliphatic rings. The highest BCUT2D eigenvalue weighted by atomic mass is 32.2. The normalized spacial score (nSPS) is 16.6. The van der Waals surface area contributed by atoms with Crippen LogP contribution in [0.3, 0.4) is 0 Å². The van der Waals surface area contributed by atoms with Gasteiger partial charge in [0.2, 0.25) is 0 Å². The van der Waals surface area contributed by atoms with Gasteiger partial charge in [-0.1, -0.05) is 24.3 Å². The molecule has 2 aromatic rings. The SMILES string of the molecule is Cc1ccccc1/C=C1\SC(=O)N(c2ccc(O)cc2)C1=O. The van der Waals surface area contributed by atoms with Gasteiger partial charge in [0.1, 0.15) is 5.75 Å². The molecule has 0 spiro atoms. The van der Waals surface area contributed by atoms with Gasteiger partial charge >= 0.3 is 0 Å². The topological polar surface area (TPSA) is 57.6 Å². The van der Waals surface area contributed by atoms with Crippen LogP contribution in [0, 0.1) is 6.92 Å². The monoisotopic (exact) mass is 311 g/mol. The highest BCUT2D eigenvalue weighted by Crippen LogP contribution is 2.36. The maximum Gasteiger partial charge on any atom is 0.298 e. The van der Waals surface area contributed by atoms with Gasteiger partial charge in [-0.15, -0.1) is 0 Å². The molecular weight excluding hydrogens is 298 g/mol. The second kappa shape index (κ2) is 5.69. The largest absolute Gasteiger partial charge is 0.508 e. The fourth-order valence-electron chi connectivity index (χ4n) is 2.18. The highest BCUT2D eigenvalue weighted by molar-refractivity contribution is 8.19. The van der Waals surface area contributed by atoms with Crippen molar-refractivity contribution < 1.29 is 14.7 Å². The zero-order valence-corrected chi connectivity index (χ0v) is 12.6. The van der Waals surface area contributed by atoms with E-state index in [9.17, 15) is 14.7 Å². The molecule has 110 valence electrons. The van der Waals surface area contributed by atoms with Crippen molar-refractivity contribution in [2.24, 2.45) is 0 Å². The van der Waals surface area contributed by atoms with Crippen LogP contribution < -0.4 is 4.90 Å². The van der Waals surface area contributed by atoms with Crippen molar-refractivity contribution in [3.05, 3.63) is 64.6 Å². The van der Waals surface area contributed by atoms with Crippen molar-refractivity contribution in [2.45, 2.75) is 6.92 Å². The Labute approximate surface area is 132 Å². The number of nitrogens with zero attached hydrogens (tertiary/aromatic N) is 1. The molecule has 0 aromatic heterocycles. The van der Waals surface area contributed by atoms with E-state index in [-0.39, 0.29) is 16.9 Å². The number of hydrogen-bond donors (Lipinski definition) is 1. The number of imide groups is 1. The Morgan fingerprint density at radius 2 is 1.73 bits per heavy atom. The van der Waals surface area contributed by atoms with Crippen molar-refractivity contribution in [2.75, 3.05) is 4.90 Å². The average molecular weight is 311 g/mol. The van der Waals surface area contributed by atoms with E-state index < -0.39 is 0 Å². The molecule has 1 heterocycles. The van der Waals surface area contributed by atoms with Gasteiger partial charge in [-0.2, -0.15) is 0 Å². The fraction of sp³-hybridized carbons (Fsp3) is 0.0588. The van der Waals surface area contributed by atoms with Crippen LogP contribution in [0.2, 0.25) is 0 Å². The van der Waals surface area contributed by atoms with Crippen molar-refractivity contribution in [3.8, 4) is 5.75 Å². The van der Waals surface area contributed by atoms with Crippen LogP contribution in [0.15, 0.2) is 53.4 Å². The Hall–Kier alpha value is -2.53. The summed E-state index contributed by atoms with van der Waals surface area (Å²) in [6, 6.07) is 13.7. The predicted molar refractivity (Wildman–Crippen MR) is 87.7 cm³/mol. The first kappa shape index (κ1) is 14.4. The lowest BCUT2D eigenvalue weighted by atomic mass is 10.1. The molecule has 2 amide bonds. The summed E-state index contributed by atoms with van der Waals surface area (Å²) in [7, 11) is 0. The van der Waals surface area contributed by atoms with Gasteiger partial charge in [-0.05, 0) is 60.2 Å². The van der Waals surface area contributed by atoms with E-state index in [2.05, 4.69) is 0 Å². The Kier molecular flexibility index (Phi) is 3.73. The molecular formula is C17H13NO3S. The minimum Gasteiger partial charge on any atom is -0.508 e. The first-order chi connectivity index (χ1) is 10.6. The molecule has 1 saturated heterocycles. The van der Waals surface area contributed by atoms with E-state index >= 15 is 0 Å². The maximum absolute atomic E-state index is 12.5. The van der Waals surface area contributed by atoms with Gasteiger partial charge in [0.25, 0.3) is 11.1 Å². The molecule has 5 heteroatoms. The van der Waals surface area contributed by atoms with Gasteiger partial charge < -0.3 is 5.11 Å². The molecule has 0 saturated carbocycles. The summed E-state index contributed by atoms with van der Waals surface area (Å²) in [6.45, 7) is 1.95. The molecule has 0 aliphatic carbocycles. The average Bonchev–Trinajstić information content (AvgIpc) is 2.77. The van der Waals surface area contributed by atoms with Gasteiger partial charge in [-0.25, -0.2) is 4.90 Å². The van der Waals surface area contributed by atoms with E-state index in [1.54, 1.807) is 18.2 Å². The number of amides is 2. The number of carbonyl (C=O) groups excluding carboxylic acids is 2. The van der Waals surface area contributed by atoms with Gasteiger partial charge in [0.15, 0.2) is 0 Å². The third-order valence-corrected chi connectivity index (χ3v) is 4.25. The number of carbonyl (C=O) groups is 2. The molecule has 0 unspecified atom stereocenters. The Morgan fingerprint density at radius 1 is 1.05 bits per heavy atom. The predicted octanol–water partition coefficient (Wildman–Crippen LogP) is 3.94. The van der Waals surface area contributed by atoms with Crippen LogP contribution in [0.1, 0.15) is 11.1 Å². The number of anilines is 1. The Morgan fingerprint density at radius 3 is 2.41 bits per heavy atom. The molecule has 1 N–H and O–H groups in total. The summed E-state index contributed by atoms with van der Waals surface area (Å²) in [5, 5.41) is 8.97. The van der Waals surface area contributed by atoms with Gasteiger partial charge in [0.05, 0.1) is 10.6 Å². The lowest BCUT2D eigenvalue weighted by Gasteiger charge is -2.12. The molecule has 0 radical (unpaired) electrons. The Bertz CT molecular complexity index is 781. The number of aryl methyl sites for hydroxylation is 1. The quantitative estimate of drug-likeness (QED) is 0.853. The summed E-state index contributed by atoms with van der Waals surface area (Å²) in [4.78, 5) is 26.1. The lowest BCUT2D eigenvalue weighted by Crippen LogP contribution is -2.27.